The number of aromatic nitrogens is 3. The molecule has 2 rings (SSSR count). The van der Waals surface area contributed by atoms with Gasteiger partial charge in [-0.15, -0.1) is 12.4 Å². The first kappa shape index (κ1) is 13.5. The number of nitrogens with one attached hydrogen (secondary N) is 2. The Morgan fingerprint density at radius 2 is 2.06 bits per heavy atom. The van der Waals surface area contributed by atoms with E-state index >= 15 is 0 Å². The molecule has 0 aliphatic carbocycles. The fourth-order valence-electron chi connectivity index (χ4n) is 1.65. The van der Waals surface area contributed by atoms with Crippen molar-refractivity contribution in [1.82, 2.24) is 15.2 Å². The fraction of sp³-hybridized carbons (Fsp3) is 0.333. The monoisotopic (exact) mass is 252 g/mol. The molecule has 0 atom stereocenters. The summed E-state index contributed by atoms with van der Waals surface area (Å²) in [6, 6.07) is 4.02. The lowest BCUT2D eigenvalue weighted by Crippen LogP contribution is -2.03. The molecule has 0 fully saturated rings. The highest BCUT2D eigenvalue weighted by Gasteiger charge is 2.05. The van der Waals surface area contributed by atoms with Gasteiger partial charge in [0.1, 0.15) is 5.82 Å². The molecule has 0 saturated carbocycles. The minimum absolute atomic E-state index is 0. The summed E-state index contributed by atoms with van der Waals surface area (Å²) in [6.07, 6.45) is 1.81. The zero-order valence-corrected chi connectivity index (χ0v) is 11.1. The molecule has 92 valence electrons. The van der Waals surface area contributed by atoms with Crippen molar-refractivity contribution in [3.05, 3.63) is 40.8 Å². The molecule has 2 heterocycles. The van der Waals surface area contributed by atoms with Crippen LogP contribution in [0.4, 0.5) is 5.82 Å². The van der Waals surface area contributed by atoms with E-state index in [-0.39, 0.29) is 12.4 Å². The second-order valence-electron chi connectivity index (χ2n) is 3.98. The first-order chi connectivity index (χ1) is 7.66. The summed E-state index contributed by atoms with van der Waals surface area (Å²) >= 11 is 0. The van der Waals surface area contributed by atoms with Gasteiger partial charge in [-0.25, -0.2) is 4.98 Å². The Morgan fingerprint density at radius 3 is 2.65 bits per heavy atom. The van der Waals surface area contributed by atoms with Gasteiger partial charge in [-0.3, -0.25) is 5.10 Å². The normalized spacial score (nSPS) is 9.82. The molecule has 0 aliphatic heterocycles. The fourth-order valence-corrected chi connectivity index (χ4v) is 1.65. The Morgan fingerprint density at radius 1 is 1.29 bits per heavy atom. The highest BCUT2D eigenvalue weighted by atomic mass is 35.5. The number of hydrogen-bond acceptors (Lipinski definition) is 3. The third kappa shape index (κ3) is 3.20. The van der Waals surface area contributed by atoms with Crippen LogP contribution in [-0.2, 0) is 6.54 Å². The standard InChI is InChI=1S/C12H16N4.ClH/c1-8-4-5-13-12(6-8)14-7-11-9(2)15-16-10(11)3;/h4-6H,7H2,1-3H3,(H,13,14)(H,15,16);1H. The van der Waals surface area contributed by atoms with Gasteiger partial charge in [0.05, 0.1) is 5.69 Å². The molecule has 2 N–H and O–H groups in total. The summed E-state index contributed by atoms with van der Waals surface area (Å²) in [5.41, 5.74) is 4.57. The van der Waals surface area contributed by atoms with Crippen LogP contribution in [0.15, 0.2) is 18.3 Å². The number of aromatic amines is 1. The Balaban J connectivity index is 0.00000144. The zero-order chi connectivity index (χ0) is 11.5. The number of nitrogens with zero attached hydrogens (tertiary/aromatic N) is 2. The number of H-pyrrole nitrogens is 1. The topological polar surface area (TPSA) is 53.6 Å². The van der Waals surface area contributed by atoms with Gasteiger partial charge in [-0.1, -0.05) is 0 Å². The minimum atomic E-state index is 0. The van der Waals surface area contributed by atoms with Crippen LogP contribution in [0.2, 0.25) is 0 Å². The van der Waals surface area contributed by atoms with Gasteiger partial charge in [0.2, 0.25) is 0 Å². The maximum absolute atomic E-state index is 4.26. The van der Waals surface area contributed by atoms with Crippen molar-refractivity contribution in [3.63, 3.8) is 0 Å². The summed E-state index contributed by atoms with van der Waals surface area (Å²) in [5, 5.41) is 10.4. The summed E-state index contributed by atoms with van der Waals surface area (Å²) in [7, 11) is 0. The Labute approximate surface area is 107 Å². The van der Waals surface area contributed by atoms with Crippen LogP contribution in [0.1, 0.15) is 22.5 Å². The Bertz CT molecular complexity index is 474. The predicted octanol–water partition coefficient (Wildman–Crippen LogP) is 2.76. The largest absolute Gasteiger partial charge is 0.366 e. The lowest BCUT2D eigenvalue weighted by molar-refractivity contribution is 1.02. The van der Waals surface area contributed by atoms with Crippen molar-refractivity contribution in [2.45, 2.75) is 27.3 Å². The van der Waals surface area contributed by atoms with E-state index in [1.165, 1.54) is 11.1 Å². The number of anilines is 1. The molecule has 0 unspecified atom stereocenters. The second-order valence-corrected chi connectivity index (χ2v) is 3.98. The predicted molar refractivity (Wildman–Crippen MR) is 71.6 cm³/mol. The van der Waals surface area contributed by atoms with Gasteiger partial charge in [-0.05, 0) is 38.5 Å². The van der Waals surface area contributed by atoms with Crippen LogP contribution in [0, 0.1) is 20.8 Å². The Kier molecular flexibility index (Phi) is 4.52. The van der Waals surface area contributed by atoms with Crippen molar-refractivity contribution < 1.29 is 0 Å². The highest BCUT2D eigenvalue weighted by Crippen LogP contribution is 2.12. The molecular formula is C12H17ClN4. The molecule has 5 heteroatoms. The van der Waals surface area contributed by atoms with Gasteiger partial charge in [0, 0.05) is 24.0 Å². The van der Waals surface area contributed by atoms with Gasteiger partial charge in [-0.2, -0.15) is 5.10 Å². The van der Waals surface area contributed by atoms with Crippen LogP contribution in [0.25, 0.3) is 0 Å². The van der Waals surface area contributed by atoms with Gasteiger partial charge in [0.25, 0.3) is 0 Å². The second kappa shape index (κ2) is 5.68. The first-order valence-electron chi connectivity index (χ1n) is 5.34. The van der Waals surface area contributed by atoms with Crippen molar-refractivity contribution in [2.75, 3.05) is 5.32 Å². The molecule has 2 aromatic rings. The zero-order valence-electron chi connectivity index (χ0n) is 10.2. The summed E-state index contributed by atoms with van der Waals surface area (Å²) in [4.78, 5) is 4.26. The first-order valence-corrected chi connectivity index (χ1v) is 5.34. The number of hydrogen-bond donors (Lipinski definition) is 2. The highest BCUT2D eigenvalue weighted by molar-refractivity contribution is 5.85. The van der Waals surface area contributed by atoms with Crippen molar-refractivity contribution >= 4 is 18.2 Å². The van der Waals surface area contributed by atoms with E-state index in [1.807, 2.05) is 32.2 Å². The third-order valence-corrected chi connectivity index (χ3v) is 2.64. The summed E-state index contributed by atoms with van der Waals surface area (Å²) in [5.74, 6) is 0.903. The molecule has 0 saturated heterocycles. The molecule has 0 radical (unpaired) electrons. The lowest BCUT2D eigenvalue weighted by atomic mass is 10.2. The van der Waals surface area contributed by atoms with Gasteiger partial charge in [0.15, 0.2) is 0 Å². The van der Waals surface area contributed by atoms with E-state index in [1.54, 1.807) is 0 Å². The molecule has 4 nitrogen and oxygen atoms in total. The SMILES string of the molecule is Cc1ccnc(NCc2c(C)n[nH]c2C)c1.Cl. The smallest absolute Gasteiger partial charge is 0.126 e. The van der Waals surface area contributed by atoms with Crippen molar-refractivity contribution in [3.8, 4) is 0 Å². The molecule has 0 bridgehead atoms. The van der Waals surface area contributed by atoms with Crippen LogP contribution in [-0.4, -0.2) is 15.2 Å². The average Bonchev–Trinajstić information content (AvgIpc) is 2.56. The van der Waals surface area contributed by atoms with E-state index in [0.29, 0.717) is 0 Å². The van der Waals surface area contributed by atoms with E-state index in [0.717, 1.165) is 23.8 Å². The van der Waals surface area contributed by atoms with Gasteiger partial charge >= 0.3 is 0 Å². The summed E-state index contributed by atoms with van der Waals surface area (Å²) < 4.78 is 0. The van der Waals surface area contributed by atoms with E-state index < -0.39 is 0 Å². The molecule has 0 amide bonds. The number of halogens is 1. The van der Waals surface area contributed by atoms with E-state index in [9.17, 15) is 0 Å². The lowest BCUT2D eigenvalue weighted by Gasteiger charge is -2.06. The van der Waals surface area contributed by atoms with Crippen LogP contribution >= 0.6 is 12.4 Å². The molecule has 2 aromatic heterocycles. The van der Waals surface area contributed by atoms with Crippen LogP contribution < -0.4 is 5.32 Å². The summed E-state index contributed by atoms with van der Waals surface area (Å²) in [6.45, 7) is 6.84. The van der Waals surface area contributed by atoms with Crippen molar-refractivity contribution in [1.29, 1.82) is 0 Å². The molecule has 0 spiro atoms. The quantitative estimate of drug-likeness (QED) is 0.883. The Hall–Kier alpha value is -1.55. The molecular weight excluding hydrogens is 236 g/mol. The third-order valence-electron chi connectivity index (χ3n) is 2.64. The molecule has 17 heavy (non-hydrogen) atoms. The maximum Gasteiger partial charge on any atom is 0.126 e. The van der Waals surface area contributed by atoms with Crippen molar-refractivity contribution in [2.24, 2.45) is 0 Å². The number of aryl methyl sites for hydroxylation is 3. The van der Waals surface area contributed by atoms with Crippen LogP contribution in [0.3, 0.4) is 0 Å². The molecule has 0 aromatic carbocycles. The van der Waals surface area contributed by atoms with E-state index in [2.05, 4.69) is 27.4 Å². The number of rotatable bonds is 3. The van der Waals surface area contributed by atoms with Crippen LogP contribution in [0.5, 0.6) is 0 Å². The maximum atomic E-state index is 4.26. The van der Waals surface area contributed by atoms with E-state index in [4.69, 9.17) is 0 Å². The minimum Gasteiger partial charge on any atom is -0.366 e. The molecule has 0 aliphatic rings. The number of pyridine rings is 1. The average molecular weight is 253 g/mol. The van der Waals surface area contributed by atoms with Gasteiger partial charge < -0.3 is 5.32 Å².